The summed E-state index contributed by atoms with van der Waals surface area (Å²) in [5.74, 6) is 2.49. The lowest BCUT2D eigenvalue weighted by Crippen LogP contribution is -2.01. The fourth-order valence-corrected chi connectivity index (χ4v) is 3.56. The van der Waals surface area contributed by atoms with Crippen molar-refractivity contribution in [3.63, 3.8) is 0 Å². The molecule has 3 aromatic rings. The van der Waals surface area contributed by atoms with Crippen molar-refractivity contribution in [2.75, 3.05) is 46.6 Å². The number of nitrogens with one attached hydrogen (secondary N) is 1. The summed E-state index contributed by atoms with van der Waals surface area (Å²) < 4.78 is 27.2. The van der Waals surface area contributed by atoms with Crippen molar-refractivity contribution in [2.24, 2.45) is 0 Å². The Morgan fingerprint density at radius 1 is 0.778 bits per heavy atom. The van der Waals surface area contributed by atoms with E-state index in [-0.39, 0.29) is 5.78 Å². The minimum atomic E-state index is -0.212. The molecule has 0 radical (unpaired) electrons. The van der Waals surface area contributed by atoms with Crippen LogP contribution in [0.25, 0.3) is 12.2 Å². The van der Waals surface area contributed by atoms with Gasteiger partial charge in [-0.1, -0.05) is 24.3 Å². The Labute approximate surface area is 210 Å². The van der Waals surface area contributed by atoms with Crippen LogP contribution in [0.2, 0.25) is 0 Å². The molecule has 3 aromatic carbocycles. The molecule has 0 heterocycles. The molecule has 8 heteroatoms. The summed E-state index contributed by atoms with van der Waals surface area (Å²) in [6.07, 6.45) is 6.79. The maximum atomic E-state index is 12.5. The minimum absolute atomic E-state index is 0.212. The first-order valence-corrected chi connectivity index (χ1v) is 11.0. The Morgan fingerprint density at radius 3 is 1.97 bits per heavy atom. The molecule has 0 amide bonds. The van der Waals surface area contributed by atoms with E-state index in [9.17, 15) is 4.79 Å². The fraction of sp³-hybridized carbons (Fsp3) is 0.179. The number of anilines is 2. The number of nitrogens with two attached hydrogens (primary N) is 1. The maximum Gasteiger partial charge on any atom is 0.203 e. The zero-order valence-electron chi connectivity index (χ0n) is 21.0. The van der Waals surface area contributed by atoms with Crippen LogP contribution in [0, 0.1) is 0 Å². The third-order valence-electron chi connectivity index (χ3n) is 5.40. The lowest BCUT2D eigenvalue weighted by atomic mass is 10.1. The van der Waals surface area contributed by atoms with Crippen LogP contribution in [-0.4, -0.2) is 41.3 Å². The molecule has 0 aliphatic heterocycles. The largest absolute Gasteiger partial charge is 0.493 e. The molecule has 188 valence electrons. The monoisotopic (exact) mass is 490 g/mol. The first-order valence-electron chi connectivity index (χ1n) is 11.0. The topological polar surface area (TPSA) is 101 Å². The first-order chi connectivity index (χ1) is 17.4. The number of allylic oxidation sites excluding steroid dienone is 1. The van der Waals surface area contributed by atoms with Crippen LogP contribution in [0.4, 0.5) is 11.4 Å². The standard InChI is InChI=1S/C28H30N2O6/c1-32-24-16-19(11-10-18-14-26(34-3)28(36-5)27(15-18)35-4)22(17-25(24)33-2)30-13-12-23(31)20-8-6-7-9-21(20)29/h6-17,30H,29H2,1-5H3/b11-10-,13-12-. The van der Waals surface area contributed by atoms with Crippen molar-refractivity contribution in [3.05, 3.63) is 77.5 Å². The summed E-state index contributed by atoms with van der Waals surface area (Å²) in [6, 6.07) is 14.2. The molecule has 0 saturated carbocycles. The molecule has 0 spiro atoms. The van der Waals surface area contributed by atoms with Crippen LogP contribution in [0.15, 0.2) is 60.8 Å². The van der Waals surface area contributed by atoms with Crippen LogP contribution in [0.3, 0.4) is 0 Å². The Morgan fingerprint density at radius 2 is 1.39 bits per heavy atom. The minimum Gasteiger partial charge on any atom is -0.493 e. The van der Waals surface area contributed by atoms with Crippen molar-refractivity contribution < 1.29 is 28.5 Å². The molecule has 0 aromatic heterocycles. The van der Waals surface area contributed by atoms with E-state index in [1.807, 2.05) is 30.4 Å². The van der Waals surface area contributed by atoms with E-state index in [1.165, 1.54) is 6.08 Å². The van der Waals surface area contributed by atoms with Gasteiger partial charge in [-0.15, -0.1) is 0 Å². The molecule has 0 aliphatic rings. The second-order valence-electron chi connectivity index (χ2n) is 7.52. The SMILES string of the molecule is COc1cc(/C=C\c2cc(OC)c(OC)c(OC)c2)c(N/C=C\C(=O)c2ccccc2N)cc1OC. The quantitative estimate of drug-likeness (QED) is 0.162. The van der Waals surface area contributed by atoms with Gasteiger partial charge in [-0.25, -0.2) is 0 Å². The first kappa shape index (κ1) is 26.0. The third kappa shape index (κ3) is 5.90. The summed E-state index contributed by atoms with van der Waals surface area (Å²) in [5, 5.41) is 3.16. The van der Waals surface area contributed by atoms with Gasteiger partial charge < -0.3 is 34.7 Å². The smallest absolute Gasteiger partial charge is 0.203 e. The van der Waals surface area contributed by atoms with E-state index in [0.29, 0.717) is 45.7 Å². The van der Waals surface area contributed by atoms with Gasteiger partial charge in [-0.05, 0) is 35.9 Å². The second kappa shape index (κ2) is 12.2. The van der Waals surface area contributed by atoms with Gasteiger partial charge in [0.25, 0.3) is 0 Å². The maximum absolute atomic E-state index is 12.5. The molecule has 8 nitrogen and oxygen atoms in total. The van der Waals surface area contributed by atoms with Gasteiger partial charge in [0.15, 0.2) is 28.8 Å². The van der Waals surface area contributed by atoms with Gasteiger partial charge in [0.05, 0.1) is 35.5 Å². The van der Waals surface area contributed by atoms with E-state index in [0.717, 1.165) is 11.1 Å². The summed E-state index contributed by atoms with van der Waals surface area (Å²) in [5.41, 5.74) is 9.09. The zero-order valence-corrected chi connectivity index (χ0v) is 21.0. The van der Waals surface area contributed by atoms with E-state index in [4.69, 9.17) is 29.4 Å². The van der Waals surface area contributed by atoms with Crippen molar-refractivity contribution in [2.45, 2.75) is 0 Å². The molecule has 0 unspecified atom stereocenters. The number of nitrogen functional groups attached to an aromatic ring is 1. The summed E-state index contributed by atoms with van der Waals surface area (Å²) in [6.45, 7) is 0. The van der Waals surface area contributed by atoms with E-state index >= 15 is 0 Å². The highest BCUT2D eigenvalue weighted by atomic mass is 16.5. The van der Waals surface area contributed by atoms with Crippen LogP contribution < -0.4 is 34.7 Å². The number of carbonyl (C=O) groups excluding carboxylic acids is 1. The average molecular weight is 491 g/mol. The number of hydrogen-bond acceptors (Lipinski definition) is 8. The Kier molecular flexibility index (Phi) is 8.83. The van der Waals surface area contributed by atoms with Gasteiger partial charge in [0.1, 0.15) is 0 Å². The van der Waals surface area contributed by atoms with Crippen LogP contribution in [-0.2, 0) is 0 Å². The highest BCUT2D eigenvalue weighted by Gasteiger charge is 2.13. The Bertz CT molecular complexity index is 1260. The number of carbonyl (C=O) groups is 1. The van der Waals surface area contributed by atoms with E-state index < -0.39 is 0 Å². The average Bonchev–Trinajstić information content (AvgIpc) is 2.91. The lowest BCUT2D eigenvalue weighted by molar-refractivity contribution is 0.104. The van der Waals surface area contributed by atoms with Crippen LogP contribution in [0.5, 0.6) is 28.7 Å². The van der Waals surface area contributed by atoms with Crippen molar-refractivity contribution in [1.82, 2.24) is 0 Å². The molecular formula is C28H30N2O6. The number of ether oxygens (including phenoxy) is 5. The summed E-state index contributed by atoms with van der Waals surface area (Å²) >= 11 is 0. The van der Waals surface area contributed by atoms with Crippen LogP contribution in [0.1, 0.15) is 21.5 Å². The van der Waals surface area contributed by atoms with Gasteiger partial charge in [0, 0.05) is 40.8 Å². The number of ketones is 1. The zero-order chi connectivity index (χ0) is 26.1. The Hall–Kier alpha value is -4.59. The second-order valence-corrected chi connectivity index (χ2v) is 7.52. The normalized spacial score (nSPS) is 10.9. The molecule has 0 atom stereocenters. The van der Waals surface area contributed by atoms with E-state index in [2.05, 4.69) is 5.32 Å². The highest BCUT2D eigenvalue weighted by molar-refractivity contribution is 6.08. The van der Waals surface area contributed by atoms with Gasteiger partial charge in [0.2, 0.25) is 5.75 Å². The summed E-state index contributed by atoms with van der Waals surface area (Å²) in [7, 11) is 7.82. The number of hydrogen-bond donors (Lipinski definition) is 2. The predicted molar refractivity (Wildman–Crippen MR) is 143 cm³/mol. The molecule has 36 heavy (non-hydrogen) atoms. The number of rotatable bonds is 11. The van der Waals surface area contributed by atoms with Crippen molar-refractivity contribution >= 4 is 29.3 Å². The van der Waals surface area contributed by atoms with Gasteiger partial charge in [-0.2, -0.15) is 0 Å². The lowest BCUT2D eigenvalue weighted by Gasteiger charge is -2.14. The van der Waals surface area contributed by atoms with Gasteiger partial charge >= 0.3 is 0 Å². The van der Waals surface area contributed by atoms with Crippen molar-refractivity contribution in [1.29, 1.82) is 0 Å². The van der Waals surface area contributed by atoms with Crippen molar-refractivity contribution in [3.8, 4) is 28.7 Å². The van der Waals surface area contributed by atoms with Gasteiger partial charge in [-0.3, -0.25) is 4.79 Å². The third-order valence-corrected chi connectivity index (χ3v) is 5.40. The van der Waals surface area contributed by atoms with Crippen LogP contribution >= 0.6 is 0 Å². The molecule has 0 aliphatic carbocycles. The molecule has 0 saturated heterocycles. The number of methoxy groups -OCH3 is 5. The number of para-hydroxylation sites is 1. The number of benzene rings is 3. The molecular weight excluding hydrogens is 460 g/mol. The molecule has 0 fully saturated rings. The molecule has 3 rings (SSSR count). The molecule has 3 N–H and O–H groups in total. The molecule has 0 bridgehead atoms. The predicted octanol–water partition coefficient (Wildman–Crippen LogP) is 5.29. The van der Waals surface area contributed by atoms with E-state index in [1.54, 1.807) is 72.1 Å². The summed E-state index contributed by atoms with van der Waals surface area (Å²) in [4.78, 5) is 12.5. The Balaban J connectivity index is 1.95. The fourth-order valence-electron chi connectivity index (χ4n) is 3.56. The highest BCUT2D eigenvalue weighted by Crippen LogP contribution is 2.39.